The van der Waals surface area contributed by atoms with Crippen LogP contribution in [0.2, 0.25) is 0 Å². The topological polar surface area (TPSA) is 49.8 Å². The van der Waals surface area contributed by atoms with E-state index in [0.29, 0.717) is 12.3 Å². The summed E-state index contributed by atoms with van der Waals surface area (Å²) in [6.07, 6.45) is 5.26. The van der Waals surface area contributed by atoms with E-state index in [0.717, 1.165) is 19.5 Å². The molecule has 0 unspecified atom stereocenters. The highest BCUT2D eigenvalue weighted by molar-refractivity contribution is 5.73. The number of hydrogen-bond donors (Lipinski definition) is 1. The molecule has 0 saturated carbocycles. The molecule has 1 fully saturated rings. The largest absolute Gasteiger partial charge is 0.460 e. The molecule has 1 N–H and O–H groups in total. The summed E-state index contributed by atoms with van der Waals surface area (Å²) in [5.41, 5.74) is -0.327. The summed E-state index contributed by atoms with van der Waals surface area (Å²) in [5, 5.41) is 8.91. The third kappa shape index (κ3) is 6.09. The highest BCUT2D eigenvalue weighted by Gasteiger charge is 2.38. The molecule has 128 valence electrons. The second-order valence-electron chi connectivity index (χ2n) is 8.20. The van der Waals surface area contributed by atoms with Crippen LogP contribution in [0.5, 0.6) is 0 Å². The quantitative estimate of drug-likeness (QED) is 0.626. The number of rotatable bonds is 5. The number of esters is 1. The first-order valence-corrected chi connectivity index (χ1v) is 8.28. The number of ether oxygens (including phenoxy) is 1. The van der Waals surface area contributed by atoms with Crippen molar-refractivity contribution in [3.05, 3.63) is 12.2 Å². The summed E-state index contributed by atoms with van der Waals surface area (Å²) in [6.45, 7) is 14.3. The summed E-state index contributed by atoms with van der Waals surface area (Å²) in [5.74, 6) is 0.0719. The van der Waals surface area contributed by atoms with Gasteiger partial charge in [0.25, 0.3) is 0 Å². The van der Waals surface area contributed by atoms with Crippen LogP contribution in [0.4, 0.5) is 0 Å². The lowest BCUT2D eigenvalue weighted by Crippen LogP contribution is -2.40. The average Bonchev–Trinajstić information content (AvgIpc) is 2.81. The van der Waals surface area contributed by atoms with Crippen molar-refractivity contribution in [2.24, 2.45) is 11.8 Å². The standard InChI is InChI=1S/C18H33NO3/c1-17(2,3)19-11-10-14(13-19)15(9-7-8-12-20)16(21)22-18(4,5)6/h7-8,14-15,20H,9-13H2,1-6H3/b8-7+/t14-,15-/m0/s1. The average molecular weight is 311 g/mol. The molecule has 0 spiro atoms. The molecule has 0 aliphatic carbocycles. The fraction of sp³-hybridized carbons (Fsp3) is 0.833. The zero-order valence-electron chi connectivity index (χ0n) is 15.1. The van der Waals surface area contributed by atoms with Gasteiger partial charge in [0.15, 0.2) is 0 Å². The van der Waals surface area contributed by atoms with Crippen LogP contribution >= 0.6 is 0 Å². The fourth-order valence-electron chi connectivity index (χ4n) is 2.90. The van der Waals surface area contributed by atoms with Gasteiger partial charge < -0.3 is 9.84 Å². The Hall–Kier alpha value is -0.870. The Balaban J connectivity index is 2.78. The van der Waals surface area contributed by atoms with Crippen LogP contribution in [-0.4, -0.2) is 46.8 Å². The zero-order chi connectivity index (χ0) is 17.0. The van der Waals surface area contributed by atoms with E-state index in [-0.39, 0.29) is 24.0 Å². The summed E-state index contributed by atoms with van der Waals surface area (Å²) < 4.78 is 5.61. The van der Waals surface area contributed by atoms with Crippen LogP contribution in [0, 0.1) is 11.8 Å². The minimum atomic E-state index is -0.460. The molecule has 1 aliphatic rings. The second-order valence-corrected chi connectivity index (χ2v) is 8.20. The van der Waals surface area contributed by atoms with E-state index in [9.17, 15) is 4.79 Å². The molecule has 0 amide bonds. The van der Waals surface area contributed by atoms with Crippen LogP contribution in [0.15, 0.2) is 12.2 Å². The van der Waals surface area contributed by atoms with Crippen molar-refractivity contribution in [2.45, 2.75) is 65.5 Å². The third-order valence-electron chi connectivity index (χ3n) is 4.11. The van der Waals surface area contributed by atoms with E-state index in [4.69, 9.17) is 9.84 Å². The second kappa shape index (κ2) is 7.60. The van der Waals surface area contributed by atoms with Crippen molar-refractivity contribution in [2.75, 3.05) is 19.7 Å². The number of carbonyl (C=O) groups excluding carboxylic acids is 1. The predicted octanol–water partition coefficient (Wildman–Crippen LogP) is 3.00. The molecule has 1 saturated heterocycles. The molecule has 22 heavy (non-hydrogen) atoms. The van der Waals surface area contributed by atoms with Gasteiger partial charge in [-0.15, -0.1) is 0 Å². The van der Waals surface area contributed by atoms with E-state index in [1.165, 1.54) is 0 Å². The van der Waals surface area contributed by atoms with Crippen LogP contribution in [-0.2, 0) is 9.53 Å². The molecule has 4 nitrogen and oxygen atoms in total. The Labute approximate surface area is 135 Å². The van der Waals surface area contributed by atoms with Gasteiger partial charge >= 0.3 is 5.97 Å². The molecule has 0 aromatic rings. The lowest BCUT2D eigenvalue weighted by molar-refractivity contribution is -0.161. The molecule has 0 aromatic carbocycles. The highest BCUT2D eigenvalue weighted by Crippen LogP contribution is 2.32. The predicted molar refractivity (Wildman–Crippen MR) is 89.6 cm³/mol. The fourth-order valence-corrected chi connectivity index (χ4v) is 2.90. The van der Waals surface area contributed by atoms with Crippen molar-refractivity contribution in [1.82, 2.24) is 4.90 Å². The van der Waals surface area contributed by atoms with E-state index in [2.05, 4.69) is 25.7 Å². The van der Waals surface area contributed by atoms with Crippen molar-refractivity contribution >= 4 is 5.97 Å². The number of hydrogen-bond acceptors (Lipinski definition) is 4. The van der Waals surface area contributed by atoms with Gasteiger partial charge in [-0.2, -0.15) is 0 Å². The van der Waals surface area contributed by atoms with E-state index in [1.54, 1.807) is 6.08 Å². The monoisotopic (exact) mass is 311 g/mol. The Morgan fingerprint density at radius 3 is 2.36 bits per heavy atom. The first-order valence-electron chi connectivity index (χ1n) is 8.28. The lowest BCUT2D eigenvalue weighted by atomic mass is 9.88. The number of nitrogens with zero attached hydrogens (tertiary/aromatic N) is 1. The minimum Gasteiger partial charge on any atom is -0.460 e. The van der Waals surface area contributed by atoms with Crippen molar-refractivity contribution in [3.63, 3.8) is 0 Å². The molecule has 2 atom stereocenters. The normalized spacial score (nSPS) is 22.2. The number of carbonyl (C=O) groups is 1. The first kappa shape index (κ1) is 19.2. The van der Waals surface area contributed by atoms with Crippen LogP contribution in [0.1, 0.15) is 54.4 Å². The molecule has 0 radical (unpaired) electrons. The number of aliphatic hydroxyl groups excluding tert-OH is 1. The molecular weight excluding hydrogens is 278 g/mol. The van der Waals surface area contributed by atoms with Crippen LogP contribution in [0.25, 0.3) is 0 Å². The van der Waals surface area contributed by atoms with E-state index in [1.807, 2.05) is 26.8 Å². The maximum Gasteiger partial charge on any atom is 0.310 e. The SMILES string of the molecule is CC(C)(C)OC(=O)[C@@H](C/C=C/CO)[C@H]1CCN(C(C)(C)C)C1. The van der Waals surface area contributed by atoms with Gasteiger partial charge in [-0.3, -0.25) is 9.69 Å². The molecule has 1 rings (SSSR count). The summed E-state index contributed by atoms with van der Waals surface area (Å²) in [7, 11) is 0. The lowest BCUT2D eigenvalue weighted by Gasteiger charge is -2.32. The molecule has 1 aliphatic heterocycles. The van der Waals surface area contributed by atoms with Crippen LogP contribution < -0.4 is 0 Å². The van der Waals surface area contributed by atoms with Gasteiger partial charge in [-0.25, -0.2) is 0 Å². The number of likely N-dealkylation sites (tertiary alicyclic amines) is 1. The molecule has 0 aromatic heterocycles. The minimum absolute atomic E-state index is 0.0137. The van der Waals surface area contributed by atoms with Crippen molar-refractivity contribution in [3.8, 4) is 0 Å². The summed E-state index contributed by atoms with van der Waals surface area (Å²) in [6, 6.07) is 0. The van der Waals surface area contributed by atoms with Gasteiger partial charge in [0.2, 0.25) is 0 Å². The Bertz CT molecular complexity index is 390. The Morgan fingerprint density at radius 2 is 1.91 bits per heavy atom. The molecule has 1 heterocycles. The summed E-state index contributed by atoms with van der Waals surface area (Å²) >= 11 is 0. The first-order chi connectivity index (χ1) is 10.0. The van der Waals surface area contributed by atoms with Crippen molar-refractivity contribution in [1.29, 1.82) is 0 Å². The van der Waals surface area contributed by atoms with Gasteiger partial charge in [0.1, 0.15) is 5.60 Å². The molecule has 0 bridgehead atoms. The summed E-state index contributed by atoms with van der Waals surface area (Å²) in [4.78, 5) is 15.0. The number of allylic oxidation sites excluding steroid dienone is 1. The Morgan fingerprint density at radius 1 is 1.27 bits per heavy atom. The maximum atomic E-state index is 12.6. The van der Waals surface area contributed by atoms with Crippen LogP contribution in [0.3, 0.4) is 0 Å². The van der Waals surface area contributed by atoms with Gasteiger partial charge in [-0.1, -0.05) is 12.2 Å². The maximum absolute atomic E-state index is 12.6. The molecular formula is C18H33NO3. The van der Waals surface area contributed by atoms with Crippen molar-refractivity contribution < 1.29 is 14.6 Å². The smallest absolute Gasteiger partial charge is 0.310 e. The van der Waals surface area contributed by atoms with E-state index >= 15 is 0 Å². The van der Waals surface area contributed by atoms with Gasteiger partial charge in [-0.05, 0) is 66.8 Å². The highest BCUT2D eigenvalue weighted by atomic mass is 16.6. The van der Waals surface area contributed by atoms with Gasteiger partial charge in [0.05, 0.1) is 12.5 Å². The zero-order valence-corrected chi connectivity index (χ0v) is 15.1. The Kier molecular flexibility index (Phi) is 6.63. The van der Waals surface area contributed by atoms with E-state index < -0.39 is 5.60 Å². The van der Waals surface area contributed by atoms with Gasteiger partial charge in [0, 0.05) is 12.1 Å². The molecule has 4 heteroatoms. The number of aliphatic hydroxyl groups is 1. The third-order valence-corrected chi connectivity index (χ3v) is 4.11.